The summed E-state index contributed by atoms with van der Waals surface area (Å²) in [7, 11) is 0. The maximum absolute atomic E-state index is 12.2. The molecule has 4 N–H and O–H groups in total. The molecule has 10 heteroatoms. The first-order valence-corrected chi connectivity index (χ1v) is 8.82. The fourth-order valence-electron chi connectivity index (χ4n) is 3.25. The van der Waals surface area contributed by atoms with Crippen molar-refractivity contribution in [3.05, 3.63) is 11.3 Å². The maximum atomic E-state index is 12.2. The number of thioether (sulfide) groups is 1. The molecule has 0 bridgehead atoms. The van der Waals surface area contributed by atoms with E-state index >= 15 is 0 Å². The first-order chi connectivity index (χ1) is 10.8. The van der Waals surface area contributed by atoms with Crippen molar-refractivity contribution >= 4 is 40.1 Å². The number of carbonyl (C=O) groups is 2. The zero-order valence-electron chi connectivity index (χ0n) is 12.5. The van der Waals surface area contributed by atoms with Gasteiger partial charge in [0.15, 0.2) is 4.34 Å². The average Bonchev–Trinajstić information content (AvgIpc) is 2.97. The predicted molar refractivity (Wildman–Crippen MR) is 84.7 cm³/mol. The predicted octanol–water partition coefficient (Wildman–Crippen LogP) is 0.409. The highest BCUT2D eigenvalue weighted by molar-refractivity contribution is 8.01. The Morgan fingerprint density at radius 1 is 1.52 bits per heavy atom. The summed E-state index contributed by atoms with van der Waals surface area (Å²) in [6.45, 7) is 3.45. The molecule has 3 rings (SSSR count). The van der Waals surface area contributed by atoms with Gasteiger partial charge in [-0.25, -0.2) is 4.79 Å². The number of anilines is 1. The molecule has 0 spiro atoms. The Kier molecular flexibility index (Phi) is 4.07. The van der Waals surface area contributed by atoms with Crippen LogP contribution in [-0.2, 0) is 9.59 Å². The number of aromatic nitrogens is 2. The van der Waals surface area contributed by atoms with Gasteiger partial charge in [0.25, 0.3) is 0 Å². The summed E-state index contributed by atoms with van der Waals surface area (Å²) in [4.78, 5) is 25.1. The molecule has 8 nitrogen and oxygen atoms in total. The first kappa shape index (κ1) is 16.2. The summed E-state index contributed by atoms with van der Waals surface area (Å²) in [6, 6.07) is -0.288. The molecule has 0 saturated carbocycles. The molecule has 1 aromatic rings. The third-order valence-corrected chi connectivity index (χ3v) is 6.23. The van der Waals surface area contributed by atoms with E-state index in [1.165, 1.54) is 28.0 Å². The lowest BCUT2D eigenvalue weighted by Gasteiger charge is -2.46. The first-order valence-electron chi connectivity index (χ1n) is 7.02. The van der Waals surface area contributed by atoms with Crippen LogP contribution in [0.25, 0.3) is 0 Å². The van der Waals surface area contributed by atoms with E-state index in [-0.39, 0.29) is 23.6 Å². The monoisotopic (exact) mass is 356 g/mol. The third-order valence-electron chi connectivity index (χ3n) is 4.29. The number of β-lactam (4-membered cyclic amide) rings is 1. The van der Waals surface area contributed by atoms with Gasteiger partial charge in [-0.05, 0) is 12.5 Å². The van der Waals surface area contributed by atoms with Crippen LogP contribution in [0.5, 0.6) is 0 Å². The number of amides is 1. The van der Waals surface area contributed by atoms with Gasteiger partial charge in [0.1, 0.15) is 5.70 Å². The van der Waals surface area contributed by atoms with Crippen molar-refractivity contribution in [2.45, 2.75) is 30.3 Å². The number of carboxylic acids is 1. The van der Waals surface area contributed by atoms with Gasteiger partial charge in [0, 0.05) is 11.7 Å². The molecule has 0 aromatic carbocycles. The van der Waals surface area contributed by atoms with Gasteiger partial charge in [-0.3, -0.25) is 4.79 Å². The third kappa shape index (κ3) is 2.50. The molecule has 0 radical (unpaired) electrons. The smallest absolute Gasteiger partial charge is 0.352 e. The van der Waals surface area contributed by atoms with Crippen LogP contribution in [0.1, 0.15) is 13.8 Å². The Labute approximate surface area is 140 Å². The van der Waals surface area contributed by atoms with Crippen LogP contribution in [0.3, 0.4) is 0 Å². The Bertz CT molecular complexity index is 702. The number of hydrogen-bond donors (Lipinski definition) is 3. The van der Waals surface area contributed by atoms with Crippen LogP contribution >= 0.6 is 23.1 Å². The van der Waals surface area contributed by atoms with Crippen molar-refractivity contribution in [3.63, 3.8) is 0 Å². The molecular formula is C13H16N4O4S2. The number of rotatable bonds is 5. The van der Waals surface area contributed by atoms with E-state index in [2.05, 4.69) is 10.2 Å². The Morgan fingerprint density at radius 2 is 2.22 bits per heavy atom. The zero-order valence-corrected chi connectivity index (χ0v) is 14.1. The van der Waals surface area contributed by atoms with Gasteiger partial charge in [0.2, 0.25) is 11.0 Å². The maximum Gasteiger partial charge on any atom is 0.352 e. The summed E-state index contributed by atoms with van der Waals surface area (Å²) in [5, 5.41) is 27.3. The van der Waals surface area contributed by atoms with Crippen LogP contribution < -0.4 is 5.73 Å². The SMILES string of the molecule is C[C@@H](O)[C@H]1C(=O)N2C(C(=O)O)=C(CSc3nnc(N)s3)[C@H](C)[C@H]12. The van der Waals surface area contributed by atoms with Crippen molar-refractivity contribution in [2.24, 2.45) is 11.8 Å². The number of hydrogen-bond acceptors (Lipinski definition) is 8. The van der Waals surface area contributed by atoms with E-state index < -0.39 is 18.0 Å². The molecule has 2 aliphatic rings. The van der Waals surface area contributed by atoms with Crippen LogP contribution in [0, 0.1) is 11.8 Å². The molecule has 0 aliphatic carbocycles. The number of carboxylic acid groups (broad SMARTS) is 1. The minimum atomic E-state index is -1.12. The van der Waals surface area contributed by atoms with Gasteiger partial charge < -0.3 is 20.8 Å². The lowest BCUT2D eigenvalue weighted by Crippen LogP contribution is -2.63. The zero-order chi connectivity index (χ0) is 16.9. The molecule has 4 atom stereocenters. The standard InChI is InChI=1S/C13H16N4O4S2/c1-4-6(3-22-13-16-15-12(14)23-13)9(11(20)21)17-8(4)7(5(2)18)10(17)19/h4-5,7-8,18H,3H2,1-2H3,(H2,14,15)(H,20,21)/t4-,5+,7+,8+/m0/s1. The summed E-state index contributed by atoms with van der Waals surface area (Å²) in [5.41, 5.74) is 6.25. The van der Waals surface area contributed by atoms with E-state index in [0.717, 1.165) is 0 Å². The van der Waals surface area contributed by atoms with E-state index in [1.54, 1.807) is 6.92 Å². The highest BCUT2D eigenvalue weighted by Gasteiger charge is 2.59. The summed E-state index contributed by atoms with van der Waals surface area (Å²) in [6.07, 6.45) is -0.795. The average molecular weight is 356 g/mol. The van der Waals surface area contributed by atoms with Crippen LogP contribution in [-0.4, -0.2) is 55.1 Å². The fourth-order valence-corrected chi connectivity index (χ4v) is 5.04. The minimum absolute atomic E-state index is 0.0365. The number of aliphatic carboxylic acids is 1. The van der Waals surface area contributed by atoms with Crippen LogP contribution in [0.4, 0.5) is 5.13 Å². The Hall–Kier alpha value is -1.65. The second-order valence-corrected chi connectivity index (χ2v) is 7.86. The summed E-state index contributed by atoms with van der Waals surface area (Å²) >= 11 is 2.58. The highest BCUT2D eigenvalue weighted by atomic mass is 32.2. The number of nitrogen functional groups attached to an aromatic ring is 1. The van der Waals surface area contributed by atoms with Crippen LogP contribution in [0.2, 0.25) is 0 Å². The molecular weight excluding hydrogens is 340 g/mol. The highest BCUT2D eigenvalue weighted by Crippen LogP contribution is 2.48. The molecule has 0 unspecified atom stereocenters. The molecule has 1 saturated heterocycles. The molecule has 23 heavy (non-hydrogen) atoms. The minimum Gasteiger partial charge on any atom is -0.477 e. The van der Waals surface area contributed by atoms with Gasteiger partial charge in [-0.1, -0.05) is 30.0 Å². The van der Waals surface area contributed by atoms with Crippen molar-refractivity contribution < 1.29 is 19.8 Å². The number of fused-ring (bicyclic) bond motifs is 1. The van der Waals surface area contributed by atoms with Crippen molar-refractivity contribution in [2.75, 3.05) is 11.5 Å². The topological polar surface area (TPSA) is 130 Å². The number of aliphatic hydroxyl groups is 1. The second kappa shape index (κ2) is 5.77. The van der Waals surface area contributed by atoms with Gasteiger partial charge in [-0.15, -0.1) is 10.2 Å². The van der Waals surface area contributed by atoms with E-state index in [9.17, 15) is 19.8 Å². The largest absolute Gasteiger partial charge is 0.477 e. The number of carbonyl (C=O) groups excluding carboxylic acids is 1. The summed E-state index contributed by atoms with van der Waals surface area (Å²) in [5.74, 6) is -1.72. The van der Waals surface area contributed by atoms with Crippen molar-refractivity contribution in [3.8, 4) is 0 Å². The molecule has 1 fully saturated rings. The normalized spacial score (nSPS) is 27.9. The second-order valence-electron chi connectivity index (χ2n) is 5.63. The van der Waals surface area contributed by atoms with Gasteiger partial charge in [0.05, 0.1) is 18.1 Å². The van der Waals surface area contributed by atoms with Crippen molar-refractivity contribution in [1.29, 1.82) is 0 Å². The molecule has 1 aromatic heterocycles. The van der Waals surface area contributed by atoms with Gasteiger partial charge in [-0.2, -0.15) is 0 Å². The Balaban J connectivity index is 1.85. The molecule has 124 valence electrons. The quantitative estimate of drug-likeness (QED) is 0.511. The molecule has 3 heterocycles. The lowest BCUT2D eigenvalue weighted by molar-refractivity contribution is -0.163. The Morgan fingerprint density at radius 3 is 2.74 bits per heavy atom. The number of nitrogens with two attached hydrogens (primary N) is 1. The fraction of sp³-hybridized carbons (Fsp3) is 0.538. The summed E-state index contributed by atoms with van der Waals surface area (Å²) < 4.78 is 0.652. The molecule has 1 amide bonds. The molecule has 2 aliphatic heterocycles. The van der Waals surface area contributed by atoms with E-state index in [4.69, 9.17) is 5.73 Å². The number of nitrogens with zero attached hydrogens (tertiary/aromatic N) is 3. The van der Waals surface area contributed by atoms with Crippen molar-refractivity contribution in [1.82, 2.24) is 15.1 Å². The van der Waals surface area contributed by atoms with E-state index in [1.807, 2.05) is 6.92 Å². The van der Waals surface area contributed by atoms with E-state index in [0.29, 0.717) is 20.8 Å². The number of aliphatic hydroxyl groups excluding tert-OH is 1. The van der Waals surface area contributed by atoms with Gasteiger partial charge >= 0.3 is 5.97 Å². The lowest BCUT2D eigenvalue weighted by atomic mass is 9.78. The van der Waals surface area contributed by atoms with Crippen LogP contribution in [0.15, 0.2) is 15.6 Å².